The summed E-state index contributed by atoms with van der Waals surface area (Å²) in [7, 11) is 0. The summed E-state index contributed by atoms with van der Waals surface area (Å²) in [6.45, 7) is 2.72. The van der Waals surface area contributed by atoms with Crippen LogP contribution < -0.4 is 4.90 Å². The SMILES string of the molecule is CC(Cl)c1nnc(N2CCCc3ccccc32)o1. The van der Waals surface area contributed by atoms with Crippen molar-refractivity contribution >= 4 is 23.3 Å². The van der Waals surface area contributed by atoms with Gasteiger partial charge in [0.1, 0.15) is 5.38 Å². The molecule has 94 valence electrons. The molecular formula is C13H14ClN3O. The van der Waals surface area contributed by atoms with Crippen LogP contribution in [0.15, 0.2) is 28.7 Å². The maximum absolute atomic E-state index is 5.94. The number of nitrogens with zero attached hydrogens (tertiary/aromatic N) is 3. The molecule has 0 bridgehead atoms. The van der Waals surface area contributed by atoms with Crippen LogP contribution in [-0.2, 0) is 6.42 Å². The quantitative estimate of drug-likeness (QED) is 0.779. The summed E-state index contributed by atoms with van der Waals surface area (Å²) in [6, 6.07) is 8.84. The minimum Gasteiger partial charge on any atom is -0.406 e. The predicted molar refractivity (Wildman–Crippen MR) is 70.3 cm³/mol. The Hall–Kier alpha value is -1.55. The van der Waals surface area contributed by atoms with Gasteiger partial charge in [-0.3, -0.25) is 4.90 Å². The fourth-order valence-corrected chi connectivity index (χ4v) is 2.32. The van der Waals surface area contributed by atoms with Crippen molar-refractivity contribution in [3.63, 3.8) is 0 Å². The number of fused-ring (bicyclic) bond motifs is 1. The Morgan fingerprint density at radius 1 is 1.33 bits per heavy atom. The summed E-state index contributed by atoms with van der Waals surface area (Å²) in [4.78, 5) is 2.06. The van der Waals surface area contributed by atoms with Crippen molar-refractivity contribution < 1.29 is 4.42 Å². The Morgan fingerprint density at radius 3 is 2.94 bits per heavy atom. The first-order valence-electron chi connectivity index (χ1n) is 6.08. The van der Waals surface area contributed by atoms with Crippen molar-refractivity contribution in [2.24, 2.45) is 0 Å². The third-order valence-electron chi connectivity index (χ3n) is 3.11. The van der Waals surface area contributed by atoms with E-state index in [1.54, 1.807) is 0 Å². The molecule has 0 saturated heterocycles. The minimum atomic E-state index is -0.258. The molecule has 2 aromatic rings. The molecule has 1 aliphatic rings. The van der Waals surface area contributed by atoms with E-state index in [2.05, 4.69) is 33.3 Å². The van der Waals surface area contributed by atoms with Crippen molar-refractivity contribution in [3.05, 3.63) is 35.7 Å². The van der Waals surface area contributed by atoms with Gasteiger partial charge in [-0.2, -0.15) is 0 Å². The zero-order valence-corrected chi connectivity index (χ0v) is 10.9. The molecule has 18 heavy (non-hydrogen) atoms. The van der Waals surface area contributed by atoms with Crippen LogP contribution in [0.5, 0.6) is 0 Å². The Morgan fingerprint density at radius 2 is 2.17 bits per heavy atom. The van der Waals surface area contributed by atoms with E-state index in [4.69, 9.17) is 16.0 Å². The molecule has 1 atom stereocenters. The fourth-order valence-electron chi connectivity index (χ4n) is 2.23. The van der Waals surface area contributed by atoms with Gasteiger partial charge in [-0.1, -0.05) is 23.3 Å². The lowest BCUT2D eigenvalue weighted by molar-refractivity contribution is 0.491. The summed E-state index contributed by atoms with van der Waals surface area (Å²) in [5.41, 5.74) is 2.48. The van der Waals surface area contributed by atoms with Gasteiger partial charge in [-0.25, -0.2) is 0 Å². The van der Waals surface area contributed by atoms with E-state index in [1.807, 2.05) is 13.0 Å². The van der Waals surface area contributed by atoms with Gasteiger partial charge < -0.3 is 4.42 Å². The zero-order valence-electron chi connectivity index (χ0n) is 10.1. The molecule has 5 heteroatoms. The van der Waals surface area contributed by atoms with Crippen LogP contribution in [0.1, 0.15) is 30.2 Å². The second-order valence-electron chi connectivity index (χ2n) is 4.42. The maximum atomic E-state index is 5.94. The first-order chi connectivity index (χ1) is 8.75. The molecule has 1 aliphatic heterocycles. The van der Waals surface area contributed by atoms with E-state index < -0.39 is 0 Å². The number of rotatable bonds is 2. The first-order valence-corrected chi connectivity index (χ1v) is 6.52. The van der Waals surface area contributed by atoms with Crippen LogP contribution in [0.2, 0.25) is 0 Å². The smallest absolute Gasteiger partial charge is 0.322 e. The summed E-state index contributed by atoms with van der Waals surface area (Å²) in [5.74, 6) is 0.467. The molecule has 0 radical (unpaired) electrons. The summed E-state index contributed by atoms with van der Waals surface area (Å²) < 4.78 is 5.61. The van der Waals surface area contributed by atoms with Gasteiger partial charge in [0.15, 0.2) is 0 Å². The molecule has 0 spiro atoms. The van der Waals surface area contributed by atoms with E-state index in [-0.39, 0.29) is 5.38 Å². The molecule has 0 fully saturated rings. The topological polar surface area (TPSA) is 42.2 Å². The highest BCUT2D eigenvalue weighted by atomic mass is 35.5. The Balaban J connectivity index is 1.97. The van der Waals surface area contributed by atoms with Gasteiger partial charge in [-0.05, 0) is 31.4 Å². The lowest BCUT2D eigenvalue weighted by Crippen LogP contribution is -2.24. The predicted octanol–water partition coefficient (Wildman–Crippen LogP) is 3.45. The molecule has 0 aliphatic carbocycles. The number of alkyl halides is 1. The van der Waals surface area contributed by atoms with Crippen molar-refractivity contribution in [2.45, 2.75) is 25.1 Å². The van der Waals surface area contributed by atoms with Crippen LogP contribution in [0.4, 0.5) is 11.7 Å². The third-order valence-corrected chi connectivity index (χ3v) is 3.30. The van der Waals surface area contributed by atoms with Crippen LogP contribution in [-0.4, -0.2) is 16.7 Å². The minimum absolute atomic E-state index is 0.258. The fraction of sp³-hybridized carbons (Fsp3) is 0.385. The highest BCUT2D eigenvalue weighted by molar-refractivity contribution is 6.20. The number of aromatic nitrogens is 2. The number of hydrogen-bond acceptors (Lipinski definition) is 4. The second kappa shape index (κ2) is 4.61. The lowest BCUT2D eigenvalue weighted by atomic mass is 10.0. The number of anilines is 2. The van der Waals surface area contributed by atoms with Crippen molar-refractivity contribution in [2.75, 3.05) is 11.4 Å². The van der Waals surface area contributed by atoms with Gasteiger partial charge in [0.25, 0.3) is 0 Å². The van der Waals surface area contributed by atoms with Crippen LogP contribution in [0.3, 0.4) is 0 Å². The van der Waals surface area contributed by atoms with Gasteiger partial charge >= 0.3 is 6.01 Å². The molecule has 0 saturated carbocycles. The third kappa shape index (κ3) is 1.97. The van der Waals surface area contributed by atoms with Crippen molar-refractivity contribution in [3.8, 4) is 0 Å². The molecule has 2 heterocycles. The van der Waals surface area contributed by atoms with Crippen molar-refractivity contribution in [1.29, 1.82) is 0 Å². The van der Waals surface area contributed by atoms with Crippen LogP contribution in [0.25, 0.3) is 0 Å². The monoisotopic (exact) mass is 263 g/mol. The van der Waals surface area contributed by atoms with Gasteiger partial charge in [0.05, 0.1) is 0 Å². The van der Waals surface area contributed by atoms with E-state index in [0.717, 1.165) is 25.1 Å². The average molecular weight is 264 g/mol. The maximum Gasteiger partial charge on any atom is 0.322 e. The zero-order chi connectivity index (χ0) is 12.5. The van der Waals surface area contributed by atoms with Crippen LogP contribution >= 0.6 is 11.6 Å². The van der Waals surface area contributed by atoms with Gasteiger partial charge in [0, 0.05) is 12.2 Å². The molecule has 1 unspecified atom stereocenters. The molecule has 1 aromatic heterocycles. The highest BCUT2D eigenvalue weighted by Gasteiger charge is 2.23. The molecule has 0 N–H and O–H groups in total. The summed E-state index contributed by atoms with van der Waals surface area (Å²) in [6.07, 6.45) is 2.19. The molecule has 4 nitrogen and oxygen atoms in total. The first kappa shape index (κ1) is 11.5. The molecule has 3 rings (SSSR count). The number of benzene rings is 1. The van der Waals surface area contributed by atoms with E-state index >= 15 is 0 Å². The Labute approximate surface area is 111 Å². The van der Waals surface area contributed by atoms with E-state index in [9.17, 15) is 0 Å². The highest BCUT2D eigenvalue weighted by Crippen LogP contribution is 2.33. The van der Waals surface area contributed by atoms with Crippen molar-refractivity contribution in [1.82, 2.24) is 10.2 Å². The average Bonchev–Trinajstić information content (AvgIpc) is 2.87. The molecule has 1 aromatic carbocycles. The Bertz CT molecular complexity index is 553. The number of hydrogen-bond donors (Lipinski definition) is 0. The molecular weight excluding hydrogens is 250 g/mol. The van der Waals surface area contributed by atoms with E-state index in [1.165, 1.54) is 5.56 Å². The van der Waals surface area contributed by atoms with Gasteiger partial charge in [-0.15, -0.1) is 16.7 Å². The summed E-state index contributed by atoms with van der Waals surface area (Å²) in [5, 5.41) is 7.80. The van der Waals surface area contributed by atoms with Crippen LogP contribution in [0, 0.1) is 0 Å². The largest absolute Gasteiger partial charge is 0.406 e. The van der Waals surface area contributed by atoms with E-state index in [0.29, 0.717) is 11.9 Å². The number of halogens is 1. The summed E-state index contributed by atoms with van der Waals surface area (Å²) >= 11 is 5.94. The second-order valence-corrected chi connectivity index (χ2v) is 5.08. The van der Waals surface area contributed by atoms with Gasteiger partial charge in [0.2, 0.25) is 5.89 Å². The number of aryl methyl sites for hydroxylation is 1. The number of para-hydroxylation sites is 1. The lowest BCUT2D eigenvalue weighted by Gasteiger charge is -2.27. The Kier molecular flexibility index (Phi) is 2.96. The normalized spacial score (nSPS) is 16.4. The standard InChI is InChI=1S/C13H14ClN3O/c1-9(14)12-15-16-13(18-12)17-8-4-6-10-5-2-3-7-11(10)17/h2-3,5,7,9H,4,6,8H2,1H3. The molecule has 0 amide bonds.